The summed E-state index contributed by atoms with van der Waals surface area (Å²) in [5.41, 5.74) is -0.234. The van der Waals surface area contributed by atoms with E-state index < -0.39 is 0 Å². The molecule has 0 fully saturated rings. The summed E-state index contributed by atoms with van der Waals surface area (Å²) >= 11 is 5.68. The fourth-order valence-electron chi connectivity index (χ4n) is 1.02. The SMILES string of the molecule is CC(C)(CCCl)CNC(=O)COC(C)(C)C. The van der Waals surface area contributed by atoms with Crippen LogP contribution in [0.15, 0.2) is 0 Å². The summed E-state index contributed by atoms with van der Waals surface area (Å²) in [6, 6.07) is 0. The lowest BCUT2D eigenvalue weighted by atomic mass is 9.90. The molecule has 0 aromatic heterocycles. The van der Waals surface area contributed by atoms with E-state index in [1.54, 1.807) is 0 Å². The molecule has 0 unspecified atom stereocenters. The Balaban J connectivity index is 3.81. The molecule has 1 amide bonds. The quantitative estimate of drug-likeness (QED) is 0.735. The second-order valence-corrected chi connectivity index (χ2v) is 6.16. The van der Waals surface area contributed by atoms with Crippen LogP contribution in [0, 0.1) is 5.41 Å². The average Bonchev–Trinajstić information content (AvgIpc) is 2.10. The zero-order valence-electron chi connectivity index (χ0n) is 11.0. The van der Waals surface area contributed by atoms with Gasteiger partial charge in [-0.3, -0.25) is 4.79 Å². The number of halogens is 1. The van der Waals surface area contributed by atoms with Crippen molar-refractivity contribution < 1.29 is 9.53 Å². The van der Waals surface area contributed by atoms with Gasteiger partial charge in [0.05, 0.1) is 5.60 Å². The fraction of sp³-hybridized carbons (Fsp3) is 0.917. The third-order valence-electron chi connectivity index (χ3n) is 2.17. The van der Waals surface area contributed by atoms with Crippen LogP contribution < -0.4 is 5.32 Å². The Morgan fingerprint density at radius 1 is 1.25 bits per heavy atom. The summed E-state index contributed by atoms with van der Waals surface area (Å²) in [6.07, 6.45) is 0.884. The van der Waals surface area contributed by atoms with Crippen LogP contribution in [0.3, 0.4) is 0 Å². The summed E-state index contributed by atoms with van der Waals surface area (Å²) in [6.45, 7) is 10.7. The number of carbonyl (C=O) groups excluding carboxylic acids is 1. The van der Waals surface area contributed by atoms with Crippen molar-refractivity contribution in [3.05, 3.63) is 0 Å². The standard InChI is InChI=1S/C12H24ClNO2/c1-11(2,3)16-8-10(15)14-9-12(4,5)6-7-13/h6-9H2,1-5H3,(H,14,15). The van der Waals surface area contributed by atoms with Gasteiger partial charge in [-0.1, -0.05) is 13.8 Å². The molecule has 0 aromatic carbocycles. The van der Waals surface area contributed by atoms with Gasteiger partial charge in [-0.25, -0.2) is 0 Å². The van der Waals surface area contributed by atoms with Gasteiger partial charge < -0.3 is 10.1 Å². The Kier molecular flexibility index (Phi) is 6.34. The highest BCUT2D eigenvalue weighted by molar-refractivity contribution is 6.17. The molecule has 3 nitrogen and oxygen atoms in total. The van der Waals surface area contributed by atoms with Gasteiger partial charge in [0.25, 0.3) is 0 Å². The second-order valence-electron chi connectivity index (χ2n) is 5.78. The minimum atomic E-state index is -0.275. The van der Waals surface area contributed by atoms with Gasteiger partial charge in [0.1, 0.15) is 6.61 Å². The van der Waals surface area contributed by atoms with E-state index in [4.69, 9.17) is 16.3 Å². The molecule has 4 heteroatoms. The first-order valence-corrected chi connectivity index (χ1v) is 6.16. The van der Waals surface area contributed by atoms with Gasteiger partial charge in [0, 0.05) is 12.4 Å². The Bertz CT molecular complexity index is 222. The number of amides is 1. The number of ether oxygens (including phenoxy) is 1. The molecule has 0 aromatic rings. The van der Waals surface area contributed by atoms with E-state index in [2.05, 4.69) is 19.2 Å². The zero-order chi connectivity index (χ0) is 12.8. The van der Waals surface area contributed by atoms with E-state index in [0.717, 1.165) is 6.42 Å². The smallest absolute Gasteiger partial charge is 0.246 e. The van der Waals surface area contributed by atoms with Gasteiger partial charge in [-0.15, -0.1) is 11.6 Å². The maximum Gasteiger partial charge on any atom is 0.246 e. The lowest BCUT2D eigenvalue weighted by Gasteiger charge is -2.24. The molecule has 0 heterocycles. The van der Waals surface area contributed by atoms with Gasteiger partial charge >= 0.3 is 0 Å². The number of hydrogen-bond acceptors (Lipinski definition) is 2. The predicted molar refractivity (Wildman–Crippen MR) is 67.8 cm³/mol. The molecule has 0 saturated carbocycles. The average molecular weight is 250 g/mol. The Labute approximate surface area is 104 Å². The molecule has 1 N–H and O–H groups in total. The molecule has 0 atom stereocenters. The van der Waals surface area contributed by atoms with Crippen LogP contribution in [-0.2, 0) is 9.53 Å². The van der Waals surface area contributed by atoms with E-state index in [-0.39, 0.29) is 23.5 Å². The predicted octanol–water partition coefficient (Wildman–Crippen LogP) is 2.57. The van der Waals surface area contributed by atoms with Crippen molar-refractivity contribution in [2.24, 2.45) is 5.41 Å². The van der Waals surface area contributed by atoms with Crippen LogP contribution in [0.5, 0.6) is 0 Å². The van der Waals surface area contributed by atoms with Crippen molar-refractivity contribution in [1.29, 1.82) is 0 Å². The van der Waals surface area contributed by atoms with E-state index >= 15 is 0 Å². The molecule has 96 valence electrons. The summed E-state index contributed by atoms with van der Waals surface area (Å²) in [5.74, 6) is 0.541. The highest BCUT2D eigenvalue weighted by atomic mass is 35.5. The monoisotopic (exact) mass is 249 g/mol. The van der Waals surface area contributed by atoms with Crippen molar-refractivity contribution in [2.45, 2.75) is 46.6 Å². The first kappa shape index (κ1) is 15.7. The minimum absolute atomic E-state index is 0.0408. The number of hydrogen-bond donors (Lipinski definition) is 1. The third kappa shape index (κ3) is 8.98. The number of nitrogens with one attached hydrogen (secondary N) is 1. The molecule has 0 spiro atoms. The van der Waals surface area contributed by atoms with E-state index in [1.807, 2.05) is 20.8 Å². The Morgan fingerprint density at radius 2 is 1.81 bits per heavy atom. The number of rotatable bonds is 6. The molecule has 0 aliphatic heterocycles. The lowest BCUT2D eigenvalue weighted by Crippen LogP contribution is -2.38. The number of alkyl halides is 1. The third-order valence-corrected chi connectivity index (χ3v) is 2.36. The summed E-state index contributed by atoms with van der Waals surface area (Å²) in [4.78, 5) is 11.5. The molecule has 16 heavy (non-hydrogen) atoms. The van der Waals surface area contributed by atoms with Crippen LogP contribution in [0.1, 0.15) is 41.0 Å². The van der Waals surface area contributed by atoms with Crippen molar-refractivity contribution in [3.8, 4) is 0 Å². The molecule has 0 radical (unpaired) electrons. The molecular formula is C12H24ClNO2. The summed E-state index contributed by atoms with van der Waals surface area (Å²) in [5, 5.41) is 2.86. The molecule has 0 saturated heterocycles. The van der Waals surface area contributed by atoms with Crippen molar-refractivity contribution in [1.82, 2.24) is 5.32 Å². The Hall–Kier alpha value is -0.280. The van der Waals surface area contributed by atoms with Crippen LogP contribution in [0.2, 0.25) is 0 Å². The highest BCUT2D eigenvalue weighted by Crippen LogP contribution is 2.19. The highest BCUT2D eigenvalue weighted by Gasteiger charge is 2.19. The molecule has 0 aliphatic rings. The Morgan fingerprint density at radius 3 is 2.25 bits per heavy atom. The van der Waals surface area contributed by atoms with Crippen molar-refractivity contribution in [3.63, 3.8) is 0 Å². The molecule has 0 bridgehead atoms. The van der Waals surface area contributed by atoms with Crippen LogP contribution >= 0.6 is 11.6 Å². The summed E-state index contributed by atoms with van der Waals surface area (Å²) in [7, 11) is 0. The fourth-order valence-corrected chi connectivity index (χ4v) is 1.53. The van der Waals surface area contributed by atoms with Gasteiger partial charge in [-0.2, -0.15) is 0 Å². The molecule has 0 aliphatic carbocycles. The van der Waals surface area contributed by atoms with Gasteiger partial charge in [-0.05, 0) is 32.6 Å². The molecule has 0 rings (SSSR count). The van der Waals surface area contributed by atoms with Crippen molar-refractivity contribution in [2.75, 3.05) is 19.0 Å². The maximum absolute atomic E-state index is 11.5. The van der Waals surface area contributed by atoms with E-state index in [9.17, 15) is 4.79 Å². The number of carbonyl (C=O) groups is 1. The first-order valence-electron chi connectivity index (χ1n) is 5.63. The topological polar surface area (TPSA) is 38.3 Å². The van der Waals surface area contributed by atoms with E-state index in [0.29, 0.717) is 12.4 Å². The zero-order valence-corrected chi connectivity index (χ0v) is 11.8. The maximum atomic E-state index is 11.5. The van der Waals surface area contributed by atoms with Crippen LogP contribution in [-0.4, -0.2) is 30.5 Å². The molecular weight excluding hydrogens is 226 g/mol. The van der Waals surface area contributed by atoms with Crippen LogP contribution in [0.4, 0.5) is 0 Å². The minimum Gasteiger partial charge on any atom is -0.366 e. The summed E-state index contributed by atoms with van der Waals surface area (Å²) < 4.78 is 5.38. The van der Waals surface area contributed by atoms with Crippen molar-refractivity contribution >= 4 is 17.5 Å². The largest absolute Gasteiger partial charge is 0.366 e. The normalized spacial score (nSPS) is 12.6. The lowest BCUT2D eigenvalue weighted by molar-refractivity contribution is -0.130. The second kappa shape index (κ2) is 6.45. The van der Waals surface area contributed by atoms with E-state index in [1.165, 1.54) is 0 Å². The van der Waals surface area contributed by atoms with Gasteiger partial charge in [0.2, 0.25) is 5.91 Å². The van der Waals surface area contributed by atoms with Crippen LogP contribution in [0.25, 0.3) is 0 Å². The van der Waals surface area contributed by atoms with Gasteiger partial charge in [0.15, 0.2) is 0 Å². The first-order chi connectivity index (χ1) is 7.16.